The Morgan fingerprint density at radius 2 is 2.25 bits per heavy atom. The maximum atomic E-state index is 5.81. The van der Waals surface area contributed by atoms with Gasteiger partial charge in [0.25, 0.3) is 0 Å². The third kappa shape index (κ3) is 2.27. The summed E-state index contributed by atoms with van der Waals surface area (Å²) >= 11 is 0. The maximum absolute atomic E-state index is 5.81. The average molecular weight is 227 g/mol. The molecule has 0 bridgehead atoms. The van der Waals surface area contributed by atoms with Crippen LogP contribution in [0.5, 0.6) is 0 Å². The van der Waals surface area contributed by atoms with Crippen LogP contribution in [0.25, 0.3) is 0 Å². The first kappa shape index (κ1) is 12.3. The fourth-order valence-electron chi connectivity index (χ4n) is 3.19. The number of nitrogens with one attached hydrogen (secondary N) is 1. The van der Waals surface area contributed by atoms with Crippen molar-refractivity contribution < 1.29 is 9.47 Å². The zero-order valence-electron chi connectivity index (χ0n) is 10.6. The Morgan fingerprint density at radius 3 is 2.75 bits per heavy atom. The van der Waals surface area contributed by atoms with Gasteiger partial charge >= 0.3 is 0 Å². The molecule has 0 aromatic rings. The number of hydrogen-bond acceptors (Lipinski definition) is 3. The van der Waals surface area contributed by atoms with Crippen LogP contribution >= 0.6 is 0 Å². The maximum Gasteiger partial charge on any atom is 0.0618 e. The Labute approximate surface area is 98.9 Å². The van der Waals surface area contributed by atoms with E-state index in [1.165, 1.54) is 25.7 Å². The number of methoxy groups -OCH3 is 1. The van der Waals surface area contributed by atoms with E-state index in [4.69, 9.17) is 9.47 Å². The van der Waals surface area contributed by atoms with Gasteiger partial charge in [0.2, 0.25) is 0 Å². The van der Waals surface area contributed by atoms with Gasteiger partial charge in [-0.3, -0.25) is 0 Å². The van der Waals surface area contributed by atoms with E-state index in [0.29, 0.717) is 11.5 Å². The first-order valence-corrected chi connectivity index (χ1v) is 6.61. The van der Waals surface area contributed by atoms with Gasteiger partial charge < -0.3 is 14.8 Å². The molecule has 94 valence electrons. The minimum atomic E-state index is 0.409. The van der Waals surface area contributed by atoms with Crippen LogP contribution in [0.1, 0.15) is 32.6 Å². The standard InChI is InChI=1S/C13H25NO2/c1-11-13(6-8-16-11,12-4-3-5-12)10-14-7-9-15-2/h11-12,14H,3-10H2,1-2H3. The summed E-state index contributed by atoms with van der Waals surface area (Å²) in [5.41, 5.74) is 0.409. The molecule has 2 rings (SSSR count). The van der Waals surface area contributed by atoms with Crippen LogP contribution in [-0.2, 0) is 9.47 Å². The van der Waals surface area contributed by atoms with Gasteiger partial charge in [0, 0.05) is 32.2 Å². The predicted octanol–water partition coefficient (Wildman–Crippen LogP) is 1.82. The zero-order valence-corrected chi connectivity index (χ0v) is 10.6. The van der Waals surface area contributed by atoms with Crippen LogP contribution in [0.2, 0.25) is 0 Å². The second kappa shape index (κ2) is 5.48. The second-order valence-corrected chi connectivity index (χ2v) is 5.29. The Balaban J connectivity index is 1.87. The molecule has 1 N–H and O–H groups in total. The quantitative estimate of drug-likeness (QED) is 0.702. The summed E-state index contributed by atoms with van der Waals surface area (Å²) in [5.74, 6) is 0.889. The summed E-state index contributed by atoms with van der Waals surface area (Å²) in [6.45, 7) is 6.06. The highest BCUT2D eigenvalue weighted by molar-refractivity contribution is 4.99. The molecule has 2 unspecified atom stereocenters. The van der Waals surface area contributed by atoms with Crippen LogP contribution in [0.3, 0.4) is 0 Å². The summed E-state index contributed by atoms with van der Waals surface area (Å²) in [5, 5.41) is 3.54. The summed E-state index contributed by atoms with van der Waals surface area (Å²) in [6.07, 6.45) is 5.88. The van der Waals surface area contributed by atoms with Gasteiger partial charge in [0.05, 0.1) is 12.7 Å². The lowest BCUT2D eigenvalue weighted by molar-refractivity contribution is -0.00113. The largest absolute Gasteiger partial charge is 0.383 e. The molecular weight excluding hydrogens is 202 g/mol. The van der Waals surface area contributed by atoms with Gasteiger partial charge in [0.15, 0.2) is 0 Å². The van der Waals surface area contributed by atoms with Crippen molar-refractivity contribution in [1.29, 1.82) is 0 Å². The molecule has 1 heterocycles. The molecule has 0 aromatic heterocycles. The molecule has 2 aliphatic rings. The van der Waals surface area contributed by atoms with Crippen LogP contribution in [0.4, 0.5) is 0 Å². The van der Waals surface area contributed by atoms with E-state index in [0.717, 1.165) is 32.2 Å². The monoisotopic (exact) mass is 227 g/mol. The molecule has 3 nitrogen and oxygen atoms in total. The third-order valence-corrected chi connectivity index (χ3v) is 4.60. The van der Waals surface area contributed by atoms with Crippen LogP contribution < -0.4 is 5.32 Å². The van der Waals surface area contributed by atoms with Crippen molar-refractivity contribution in [2.75, 3.05) is 33.4 Å². The first-order chi connectivity index (χ1) is 7.79. The van der Waals surface area contributed by atoms with Gasteiger partial charge in [-0.05, 0) is 32.1 Å². The second-order valence-electron chi connectivity index (χ2n) is 5.29. The van der Waals surface area contributed by atoms with Crippen molar-refractivity contribution in [1.82, 2.24) is 5.32 Å². The van der Waals surface area contributed by atoms with Gasteiger partial charge in [0.1, 0.15) is 0 Å². The van der Waals surface area contributed by atoms with Crippen molar-refractivity contribution in [3.8, 4) is 0 Å². The van der Waals surface area contributed by atoms with E-state index in [1.807, 2.05) is 0 Å². The Bertz CT molecular complexity index is 218. The third-order valence-electron chi connectivity index (χ3n) is 4.60. The Morgan fingerprint density at radius 1 is 1.44 bits per heavy atom. The molecule has 0 amide bonds. The Kier molecular flexibility index (Phi) is 4.22. The average Bonchev–Trinajstić information content (AvgIpc) is 2.54. The molecule has 2 atom stereocenters. The molecule has 1 aliphatic heterocycles. The molecule has 16 heavy (non-hydrogen) atoms. The van der Waals surface area contributed by atoms with E-state index < -0.39 is 0 Å². The molecular formula is C13H25NO2. The van der Waals surface area contributed by atoms with Crippen molar-refractivity contribution >= 4 is 0 Å². The lowest BCUT2D eigenvalue weighted by atomic mass is 9.62. The van der Waals surface area contributed by atoms with Crippen LogP contribution in [-0.4, -0.2) is 39.5 Å². The predicted molar refractivity (Wildman–Crippen MR) is 64.6 cm³/mol. The summed E-state index contributed by atoms with van der Waals surface area (Å²) in [6, 6.07) is 0. The van der Waals surface area contributed by atoms with E-state index in [2.05, 4.69) is 12.2 Å². The van der Waals surface area contributed by atoms with E-state index in [1.54, 1.807) is 7.11 Å². The number of ether oxygens (including phenoxy) is 2. The number of hydrogen-bond donors (Lipinski definition) is 1. The summed E-state index contributed by atoms with van der Waals surface area (Å²) in [4.78, 5) is 0. The van der Waals surface area contributed by atoms with Crippen molar-refractivity contribution in [2.45, 2.75) is 38.7 Å². The first-order valence-electron chi connectivity index (χ1n) is 6.61. The summed E-state index contributed by atoms with van der Waals surface area (Å²) < 4.78 is 10.9. The zero-order chi connectivity index (χ0) is 11.4. The van der Waals surface area contributed by atoms with E-state index >= 15 is 0 Å². The fraction of sp³-hybridized carbons (Fsp3) is 1.00. The van der Waals surface area contributed by atoms with Gasteiger partial charge in [-0.15, -0.1) is 0 Å². The lowest BCUT2D eigenvalue weighted by Crippen LogP contribution is -2.48. The van der Waals surface area contributed by atoms with E-state index in [9.17, 15) is 0 Å². The minimum absolute atomic E-state index is 0.409. The molecule has 1 saturated heterocycles. The van der Waals surface area contributed by atoms with Gasteiger partial charge in [-0.25, -0.2) is 0 Å². The normalized spacial score (nSPS) is 35.2. The topological polar surface area (TPSA) is 30.5 Å². The highest BCUT2D eigenvalue weighted by atomic mass is 16.5. The minimum Gasteiger partial charge on any atom is -0.383 e. The highest BCUT2D eigenvalue weighted by Crippen LogP contribution is 2.49. The van der Waals surface area contributed by atoms with E-state index in [-0.39, 0.29) is 0 Å². The van der Waals surface area contributed by atoms with Crippen molar-refractivity contribution in [2.24, 2.45) is 11.3 Å². The fourth-order valence-corrected chi connectivity index (χ4v) is 3.19. The molecule has 1 aliphatic carbocycles. The Hall–Kier alpha value is -0.120. The van der Waals surface area contributed by atoms with Gasteiger partial charge in [-0.1, -0.05) is 6.42 Å². The van der Waals surface area contributed by atoms with Crippen molar-refractivity contribution in [3.05, 3.63) is 0 Å². The molecule has 2 fully saturated rings. The molecule has 0 spiro atoms. The molecule has 0 radical (unpaired) electrons. The van der Waals surface area contributed by atoms with Gasteiger partial charge in [-0.2, -0.15) is 0 Å². The molecule has 0 aromatic carbocycles. The highest BCUT2D eigenvalue weighted by Gasteiger charge is 2.48. The van der Waals surface area contributed by atoms with Crippen LogP contribution in [0, 0.1) is 11.3 Å². The number of rotatable bonds is 6. The summed E-state index contributed by atoms with van der Waals surface area (Å²) in [7, 11) is 1.75. The molecule has 3 heteroatoms. The lowest BCUT2D eigenvalue weighted by Gasteiger charge is -2.45. The molecule has 1 saturated carbocycles. The SMILES string of the molecule is COCCNCC1(C2CCC2)CCOC1C. The smallest absolute Gasteiger partial charge is 0.0618 e. The van der Waals surface area contributed by atoms with Crippen molar-refractivity contribution in [3.63, 3.8) is 0 Å². The van der Waals surface area contributed by atoms with Crippen LogP contribution in [0.15, 0.2) is 0 Å².